The van der Waals surface area contributed by atoms with Crippen molar-refractivity contribution in [3.05, 3.63) is 12.4 Å². The molecule has 1 atom stereocenters. The number of hydrogen-bond acceptors (Lipinski definition) is 8. The average molecular weight is 341 g/mol. The van der Waals surface area contributed by atoms with Crippen LogP contribution in [0.1, 0.15) is 27.7 Å². The van der Waals surface area contributed by atoms with Gasteiger partial charge in [0.2, 0.25) is 24.4 Å². The van der Waals surface area contributed by atoms with Gasteiger partial charge in [-0.05, 0) is 27.7 Å². The van der Waals surface area contributed by atoms with Crippen LogP contribution in [0.15, 0.2) is 17.4 Å². The van der Waals surface area contributed by atoms with E-state index in [1.165, 1.54) is 0 Å². The molecule has 0 aromatic carbocycles. The molecule has 136 valence electrons. The molecule has 0 saturated carbocycles. The zero-order valence-corrected chi connectivity index (χ0v) is 14.7. The van der Waals surface area contributed by atoms with Crippen molar-refractivity contribution in [2.75, 3.05) is 31.3 Å². The number of imidazole rings is 1. The average Bonchev–Trinajstić information content (AvgIpc) is 3.03. The third kappa shape index (κ3) is 3.60. The highest BCUT2D eigenvalue weighted by Crippen LogP contribution is 2.31. The van der Waals surface area contributed by atoms with E-state index < -0.39 is 18.5 Å². The van der Waals surface area contributed by atoms with Gasteiger partial charge in [-0.3, -0.25) is 10.3 Å². The van der Waals surface area contributed by atoms with E-state index in [4.69, 9.17) is 24.7 Å². The van der Waals surface area contributed by atoms with Crippen LogP contribution in [0.3, 0.4) is 0 Å². The van der Waals surface area contributed by atoms with Crippen molar-refractivity contribution in [2.24, 2.45) is 10.7 Å². The molecule has 2 rings (SSSR count). The molecule has 0 spiro atoms. The summed E-state index contributed by atoms with van der Waals surface area (Å²) in [7, 11) is 0. The van der Waals surface area contributed by atoms with Crippen LogP contribution in [-0.4, -0.2) is 60.8 Å². The van der Waals surface area contributed by atoms with Crippen LogP contribution in [0.5, 0.6) is 0 Å². The highest BCUT2D eigenvalue weighted by molar-refractivity contribution is 5.68. The Morgan fingerprint density at radius 1 is 1.04 bits per heavy atom. The van der Waals surface area contributed by atoms with Gasteiger partial charge >= 0.3 is 0 Å². The molecule has 1 aliphatic rings. The number of hydrogen-bond donors (Lipinski definition) is 1. The van der Waals surface area contributed by atoms with E-state index in [0.29, 0.717) is 32.4 Å². The predicted octanol–water partition coefficient (Wildman–Crippen LogP) is 0.948. The lowest BCUT2D eigenvalue weighted by atomic mass is 10.3. The molecular formula is C15H27N5O4. The number of ether oxygens (including phenoxy) is 4. The summed E-state index contributed by atoms with van der Waals surface area (Å²) < 4.78 is 24.6. The first-order valence-corrected chi connectivity index (χ1v) is 8.25. The van der Waals surface area contributed by atoms with E-state index in [0.717, 1.165) is 0 Å². The predicted molar refractivity (Wildman–Crippen MR) is 89.6 cm³/mol. The third-order valence-electron chi connectivity index (χ3n) is 3.45. The molecule has 9 heteroatoms. The zero-order valence-electron chi connectivity index (χ0n) is 14.7. The Hall–Kier alpha value is -1.52. The minimum Gasteiger partial charge on any atom is -0.348 e. The second-order valence-corrected chi connectivity index (χ2v) is 4.99. The van der Waals surface area contributed by atoms with Crippen molar-refractivity contribution in [2.45, 2.75) is 46.2 Å². The van der Waals surface area contributed by atoms with E-state index in [-0.39, 0.29) is 0 Å². The smallest absolute Gasteiger partial charge is 0.245 e. The largest absolute Gasteiger partial charge is 0.348 e. The van der Waals surface area contributed by atoms with Gasteiger partial charge < -0.3 is 18.9 Å². The van der Waals surface area contributed by atoms with Crippen molar-refractivity contribution in [1.29, 1.82) is 0 Å². The van der Waals surface area contributed by atoms with Crippen molar-refractivity contribution < 1.29 is 18.9 Å². The second-order valence-electron chi connectivity index (χ2n) is 4.99. The van der Waals surface area contributed by atoms with E-state index in [1.54, 1.807) is 28.2 Å². The van der Waals surface area contributed by atoms with Crippen LogP contribution in [0.25, 0.3) is 0 Å². The molecule has 1 aromatic rings. The molecular weight excluding hydrogens is 314 g/mol. The van der Waals surface area contributed by atoms with Gasteiger partial charge in [-0.15, -0.1) is 0 Å². The molecule has 0 aliphatic carbocycles. The summed E-state index contributed by atoms with van der Waals surface area (Å²) in [4.78, 5) is 10.5. The van der Waals surface area contributed by atoms with E-state index >= 15 is 0 Å². The van der Waals surface area contributed by atoms with Crippen LogP contribution >= 0.6 is 0 Å². The van der Waals surface area contributed by atoms with Crippen LogP contribution in [-0.2, 0) is 18.9 Å². The van der Waals surface area contributed by atoms with Crippen molar-refractivity contribution in [1.82, 2.24) is 9.55 Å². The Labute approximate surface area is 142 Å². The van der Waals surface area contributed by atoms with Gasteiger partial charge in [0.15, 0.2) is 0 Å². The lowest BCUT2D eigenvalue weighted by Crippen LogP contribution is -2.69. The third-order valence-corrected chi connectivity index (χ3v) is 3.45. The molecule has 0 saturated heterocycles. The van der Waals surface area contributed by atoms with E-state index in [9.17, 15) is 0 Å². The standard InChI is InChI=1S/C15H27N5O4/c1-5-21-12(22-6-2)15(16)18-11-19-10-9-17-13(19)20(15)14(23-7-3)24-8-4/h9-12,14H,5-8,16H2,1-4H3. The number of anilines is 1. The Morgan fingerprint density at radius 3 is 2.17 bits per heavy atom. The highest BCUT2D eigenvalue weighted by atomic mass is 16.7. The first-order chi connectivity index (χ1) is 11.6. The maximum absolute atomic E-state index is 6.62. The van der Waals surface area contributed by atoms with Gasteiger partial charge in [-0.2, -0.15) is 0 Å². The molecule has 0 amide bonds. The Kier molecular flexibility index (Phi) is 6.69. The minimum atomic E-state index is -1.37. The molecule has 1 aliphatic heterocycles. The van der Waals surface area contributed by atoms with Gasteiger partial charge in [0.25, 0.3) is 0 Å². The van der Waals surface area contributed by atoms with Gasteiger partial charge in [-0.25, -0.2) is 14.9 Å². The second kappa shape index (κ2) is 8.54. The normalized spacial score (nSPS) is 20.2. The number of aliphatic imine (C=N–C) groups is 1. The maximum Gasteiger partial charge on any atom is 0.245 e. The summed E-state index contributed by atoms with van der Waals surface area (Å²) in [5.74, 6) is -0.827. The van der Waals surface area contributed by atoms with Crippen LogP contribution < -0.4 is 10.6 Å². The number of rotatable bonds is 10. The molecule has 24 heavy (non-hydrogen) atoms. The summed E-state index contributed by atoms with van der Waals surface area (Å²) in [6.45, 7) is 9.24. The monoisotopic (exact) mass is 341 g/mol. The SMILES string of the molecule is CCOC(OCC)N1c2nccn2C=NC1(N)C(OCC)OCC. The zero-order chi connectivity index (χ0) is 17.6. The summed E-state index contributed by atoms with van der Waals surface area (Å²) in [6, 6.07) is 0. The van der Waals surface area contributed by atoms with Crippen molar-refractivity contribution >= 4 is 12.3 Å². The Morgan fingerprint density at radius 2 is 1.62 bits per heavy atom. The molecule has 0 radical (unpaired) electrons. The van der Waals surface area contributed by atoms with Crippen LogP contribution in [0, 0.1) is 0 Å². The van der Waals surface area contributed by atoms with Gasteiger partial charge in [0.1, 0.15) is 6.34 Å². The van der Waals surface area contributed by atoms with Crippen LogP contribution in [0.2, 0.25) is 0 Å². The van der Waals surface area contributed by atoms with Gasteiger partial charge in [-0.1, -0.05) is 0 Å². The number of nitrogens with two attached hydrogens (primary N) is 1. The Balaban J connectivity index is 2.46. The number of aromatic nitrogens is 2. The lowest BCUT2D eigenvalue weighted by molar-refractivity contribution is -0.203. The fourth-order valence-electron chi connectivity index (χ4n) is 2.48. The minimum absolute atomic E-state index is 0.426. The molecule has 2 N–H and O–H groups in total. The number of fused-ring (bicyclic) bond motifs is 1. The first kappa shape index (κ1) is 18.8. The molecule has 9 nitrogen and oxygen atoms in total. The molecule has 0 fully saturated rings. The molecule has 1 unspecified atom stereocenters. The Bertz CT molecular complexity index is 526. The van der Waals surface area contributed by atoms with Gasteiger partial charge in [0, 0.05) is 38.8 Å². The topological polar surface area (TPSA) is 96.4 Å². The summed E-state index contributed by atoms with van der Waals surface area (Å²) in [5.41, 5.74) is 6.62. The molecule has 2 heterocycles. The summed E-state index contributed by atoms with van der Waals surface area (Å²) >= 11 is 0. The first-order valence-electron chi connectivity index (χ1n) is 8.25. The highest BCUT2D eigenvalue weighted by Gasteiger charge is 2.49. The maximum atomic E-state index is 6.62. The molecule has 0 bridgehead atoms. The quantitative estimate of drug-likeness (QED) is 0.633. The number of nitrogens with zero attached hydrogens (tertiary/aromatic N) is 4. The lowest BCUT2D eigenvalue weighted by Gasteiger charge is -2.46. The van der Waals surface area contributed by atoms with Crippen LogP contribution in [0.4, 0.5) is 5.95 Å². The fraction of sp³-hybridized carbons (Fsp3) is 0.733. The van der Waals surface area contributed by atoms with Crippen molar-refractivity contribution in [3.8, 4) is 0 Å². The van der Waals surface area contributed by atoms with E-state index in [2.05, 4.69) is 9.98 Å². The fourth-order valence-corrected chi connectivity index (χ4v) is 2.48. The molecule has 1 aromatic heterocycles. The van der Waals surface area contributed by atoms with Gasteiger partial charge in [0.05, 0.1) is 0 Å². The summed E-state index contributed by atoms with van der Waals surface area (Å²) in [6.07, 6.45) is 3.45. The van der Waals surface area contributed by atoms with E-state index in [1.807, 2.05) is 27.7 Å². The summed E-state index contributed by atoms with van der Waals surface area (Å²) in [5, 5.41) is 0. The van der Waals surface area contributed by atoms with Crippen molar-refractivity contribution in [3.63, 3.8) is 0 Å².